The van der Waals surface area contributed by atoms with E-state index in [4.69, 9.17) is 0 Å². The highest BCUT2D eigenvalue weighted by Crippen LogP contribution is 2.25. The predicted octanol–water partition coefficient (Wildman–Crippen LogP) is 2.39. The van der Waals surface area contributed by atoms with Crippen LogP contribution in [-0.2, 0) is 9.59 Å². The summed E-state index contributed by atoms with van der Waals surface area (Å²) >= 11 is 1.53. The van der Waals surface area contributed by atoms with Gasteiger partial charge in [-0.2, -0.15) is 0 Å². The first-order valence-electron chi connectivity index (χ1n) is 8.06. The zero-order valence-corrected chi connectivity index (χ0v) is 14.4. The van der Waals surface area contributed by atoms with Crippen LogP contribution in [0.4, 0.5) is 0 Å². The van der Waals surface area contributed by atoms with Gasteiger partial charge in [-0.05, 0) is 25.5 Å². The molecule has 2 aromatic rings. The average Bonchev–Trinajstić information content (AvgIpc) is 3.23. The standard InChI is InChI=1S/C17H20N4O2S/c1-12(19-15(22)6-10-21-9-2-3-16(21)23)17-20-14(11-24-17)13-4-7-18-8-5-13/h4-5,7-8,11-12H,2-3,6,9-10H2,1H3,(H,19,22). The first-order chi connectivity index (χ1) is 11.6. The van der Waals surface area contributed by atoms with E-state index in [1.54, 1.807) is 17.3 Å². The number of pyridine rings is 1. The van der Waals surface area contributed by atoms with Gasteiger partial charge in [0.15, 0.2) is 0 Å². The van der Waals surface area contributed by atoms with Gasteiger partial charge < -0.3 is 10.2 Å². The summed E-state index contributed by atoms with van der Waals surface area (Å²) in [4.78, 5) is 34.0. The number of likely N-dealkylation sites (tertiary alicyclic amines) is 1. The van der Waals surface area contributed by atoms with Crippen molar-refractivity contribution >= 4 is 23.2 Å². The molecule has 0 radical (unpaired) electrons. The summed E-state index contributed by atoms with van der Waals surface area (Å²) < 4.78 is 0. The van der Waals surface area contributed by atoms with Crippen LogP contribution in [0.1, 0.15) is 37.2 Å². The van der Waals surface area contributed by atoms with E-state index in [0.29, 0.717) is 19.4 Å². The van der Waals surface area contributed by atoms with Gasteiger partial charge in [0, 0.05) is 49.3 Å². The van der Waals surface area contributed by atoms with Gasteiger partial charge in [-0.1, -0.05) is 0 Å². The maximum Gasteiger partial charge on any atom is 0.222 e. The number of aromatic nitrogens is 2. The van der Waals surface area contributed by atoms with Crippen LogP contribution in [0.5, 0.6) is 0 Å². The van der Waals surface area contributed by atoms with Crippen LogP contribution in [0.3, 0.4) is 0 Å². The molecule has 126 valence electrons. The van der Waals surface area contributed by atoms with Gasteiger partial charge in [-0.25, -0.2) is 4.98 Å². The van der Waals surface area contributed by atoms with Crippen LogP contribution in [0.25, 0.3) is 11.3 Å². The molecule has 3 heterocycles. The third-order valence-corrected chi connectivity index (χ3v) is 5.05. The van der Waals surface area contributed by atoms with E-state index >= 15 is 0 Å². The lowest BCUT2D eigenvalue weighted by Gasteiger charge is -2.16. The van der Waals surface area contributed by atoms with Crippen LogP contribution in [0, 0.1) is 0 Å². The summed E-state index contributed by atoms with van der Waals surface area (Å²) in [5, 5.41) is 5.81. The number of nitrogens with zero attached hydrogens (tertiary/aromatic N) is 3. The Bertz CT molecular complexity index is 716. The van der Waals surface area contributed by atoms with Crippen molar-refractivity contribution in [1.82, 2.24) is 20.2 Å². The maximum absolute atomic E-state index is 12.1. The SMILES string of the molecule is CC(NC(=O)CCN1CCCC1=O)c1nc(-c2ccncc2)cs1. The van der Waals surface area contributed by atoms with Gasteiger partial charge in [-0.15, -0.1) is 11.3 Å². The van der Waals surface area contributed by atoms with Crippen LogP contribution < -0.4 is 5.32 Å². The number of carbonyl (C=O) groups excluding carboxylic acids is 2. The second-order valence-electron chi connectivity index (χ2n) is 5.83. The predicted molar refractivity (Wildman–Crippen MR) is 92.3 cm³/mol. The number of amides is 2. The molecule has 0 saturated carbocycles. The number of hydrogen-bond acceptors (Lipinski definition) is 5. The van der Waals surface area contributed by atoms with Crippen LogP contribution in [0.15, 0.2) is 29.9 Å². The Hall–Kier alpha value is -2.28. The van der Waals surface area contributed by atoms with Gasteiger partial charge >= 0.3 is 0 Å². The molecule has 6 nitrogen and oxygen atoms in total. The van der Waals surface area contributed by atoms with Crippen molar-refractivity contribution in [3.05, 3.63) is 34.9 Å². The van der Waals surface area contributed by atoms with Crippen molar-refractivity contribution in [2.24, 2.45) is 0 Å². The molecule has 1 unspecified atom stereocenters. The molecule has 2 amide bonds. The number of hydrogen-bond donors (Lipinski definition) is 1. The van der Waals surface area contributed by atoms with E-state index in [1.807, 2.05) is 24.4 Å². The third kappa shape index (κ3) is 3.97. The Morgan fingerprint density at radius 1 is 1.42 bits per heavy atom. The van der Waals surface area contributed by atoms with Crippen molar-refractivity contribution in [1.29, 1.82) is 0 Å². The molecule has 7 heteroatoms. The van der Waals surface area contributed by atoms with Gasteiger partial charge in [0.25, 0.3) is 0 Å². The Morgan fingerprint density at radius 2 is 2.21 bits per heavy atom. The number of rotatable bonds is 6. The molecule has 0 aromatic carbocycles. The van der Waals surface area contributed by atoms with Gasteiger partial charge in [0.2, 0.25) is 11.8 Å². The summed E-state index contributed by atoms with van der Waals surface area (Å²) in [5.41, 5.74) is 1.90. The zero-order chi connectivity index (χ0) is 16.9. The van der Waals surface area contributed by atoms with Crippen molar-refractivity contribution < 1.29 is 9.59 Å². The maximum atomic E-state index is 12.1. The molecule has 2 aromatic heterocycles. The number of nitrogens with one attached hydrogen (secondary N) is 1. The lowest BCUT2D eigenvalue weighted by atomic mass is 10.2. The quantitative estimate of drug-likeness (QED) is 0.873. The molecular weight excluding hydrogens is 324 g/mol. The lowest BCUT2D eigenvalue weighted by Crippen LogP contribution is -2.32. The largest absolute Gasteiger partial charge is 0.347 e. The average molecular weight is 344 g/mol. The Kier molecular flexibility index (Phi) is 5.20. The van der Waals surface area contributed by atoms with E-state index in [9.17, 15) is 9.59 Å². The van der Waals surface area contributed by atoms with E-state index in [0.717, 1.165) is 29.2 Å². The van der Waals surface area contributed by atoms with Crippen LogP contribution in [0.2, 0.25) is 0 Å². The van der Waals surface area contributed by atoms with E-state index in [1.165, 1.54) is 11.3 Å². The van der Waals surface area contributed by atoms with Crippen molar-refractivity contribution in [2.45, 2.75) is 32.2 Å². The highest BCUT2D eigenvalue weighted by atomic mass is 32.1. The fraction of sp³-hybridized carbons (Fsp3) is 0.412. The highest BCUT2D eigenvalue weighted by molar-refractivity contribution is 7.10. The first-order valence-corrected chi connectivity index (χ1v) is 8.94. The second kappa shape index (κ2) is 7.53. The Morgan fingerprint density at radius 3 is 2.92 bits per heavy atom. The molecule has 24 heavy (non-hydrogen) atoms. The minimum atomic E-state index is -0.146. The molecule has 0 aliphatic carbocycles. The molecule has 1 N–H and O–H groups in total. The summed E-state index contributed by atoms with van der Waals surface area (Å²) in [7, 11) is 0. The lowest BCUT2D eigenvalue weighted by molar-refractivity contribution is -0.128. The normalized spacial score (nSPS) is 15.5. The van der Waals surface area contributed by atoms with Gasteiger partial charge in [-0.3, -0.25) is 14.6 Å². The van der Waals surface area contributed by atoms with Crippen LogP contribution in [-0.4, -0.2) is 39.8 Å². The molecule has 1 atom stereocenters. The zero-order valence-electron chi connectivity index (χ0n) is 13.6. The summed E-state index contributed by atoms with van der Waals surface area (Å²) in [5.74, 6) is 0.0978. The van der Waals surface area contributed by atoms with Crippen molar-refractivity contribution in [3.8, 4) is 11.3 Å². The fourth-order valence-electron chi connectivity index (χ4n) is 2.69. The molecule has 1 aliphatic rings. The van der Waals surface area contributed by atoms with E-state index < -0.39 is 0 Å². The highest BCUT2D eigenvalue weighted by Gasteiger charge is 2.21. The minimum absolute atomic E-state index is 0.0529. The topological polar surface area (TPSA) is 75.2 Å². The third-order valence-electron chi connectivity index (χ3n) is 4.03. The summed E-state index contributed by atoms with van der Waals surface area (Å²) in [6.45, 7) is 3.19. The van der Waals surface area contributed by atoms with Crippen LogP contribution >= 0.6 is 11.3 Å². The molecular formula is C17H20N4O2S. The molecule has 0 bridgehead atoms. The molecule has 1 saturated heterocycles. The smallest absolute Gasteiger partial charge is 0.222 e. The number of thiazole rings is 1. The Balaban J connectivity index is 1.53. The van der Waals surface area contributed by atoms with Crippen molar-refractivity contribution in [3.63, 3.8) is 0 Å². The summed E-state index contributed by atoms with van der Waals surface area (Å²) in [6, 6.07) is 3.68. The van der Waals surface area contributed by atoms with E-state index in [2.05, 4.69) is 15.3 Å². The molecule has 0 spiro atoms. The molecule has 3 rings (SSSR count). The first kappa shape index (κ1) is 16.6. The van der Waals surface area contributed by atoms with Gasteiger partial charge in [0.1, 0.15) is 5.01 Å². The monoisotopic (exact) mass is 344 g/mol. The minimum Gasteiger partial charge on any atom is -0.347 e. The molecule has 1 aliphatic heterocycles. The van der Waals surface area contributed by atoms with Crippen molar-refractivity contribution in [2.75, 3.05) is 13.1 Å². The van der Waals surface area contributed by atoms with Gasteiger partial charge in [0.05, 0.1) is 11.7 Å². The fourth-order valence-corrected chi connectivity index (χ4v) is 3.53. The Labute approximate surface area is 144 Å². The summed E-state index contributed by atoms with van der Waals surface area (Å²) in [6.07, 6.45) is 5.31. The number of carbonyl (C=O) groups is 2. The second-order valence-corrected chi connectivity index (χ2v) is 6.72. The van der Waals surface area contributed by atoms with E-state index in [-0.39, 0.29) is 17.9 Å². The molecule has 1 fully saturated rings.